The third-order valence-corrected chi connectivity index (χ3v) is 8.55. The van der Waals surface area contributed by atoms with Crippen LogP contribution in [0.5, 0.6) is 11.5 Å². The van der Waals surface area contributed by atoms with Gasteiger partial charge in [-0.25, -0.2) is 9.97 Å². The molecule has 10 heteroatoms. The quantitative estimate of drug-likeness (QED) is 0.224. The lowest BCUT2D eigenvalue weighted by molar-refractivity contribution is -0.127. The van der Waals surface area contributed by atoms with Crippen molar-refractivity contribution in [2.45, 2.75) is 44.8 Å². The first-order valence-electron chi connectivity index (χ1n) is 15.0. The van der Waals surface area contributed by atoms with E-state index < -0.39 is 5.54 Å². The van der Waals surface area contributed by atoms with E-state index in [-0.39, 0.29) is 17.5 Å². The highest BCUT2D eigenvalue weighted by molar-refractivity contribution is 6.01. The van der Waals surface area contributed by atoms with Crippen molar-refractivity contribution in [2.75, 3.05) is 38.6 Å². The number of amides is 1. The number of hydrogen-bond donors (Lipinski definition) is 1. The molecule has 2 saturated heterocycles. The Balaban J connectivity index is 1.25. The maximum atomic E-state index is 13.8. The van der Waals surface area contributed by atoms with Crippen LogP contribution in [0, 0.1) is 11.3 Å². The zero-order valence-electron chi connectivity index (χ0n) is 25.1. The molecule has 2 N–H and O–H groups in total. The molecule has 0 bridgehead atoms. The molecule has 0 unspecified atom stereocenters. The summed E-state index contributed by atoms with van der Waals surface area (Å²) in [6, 6.07) is 19.6. The molecule has 4 heterocycles. The predicted molar refractivity (Wildman–Crippen MR) is 169 cm³/mol. The van der Waals surface area contributed by atoms with Crippen LogP contribution in [0.4, 0.5) is 5.82 Å². The van der Waals surface area contributed by atoms with E-state index in [4.69, 9.17) is 15.2 Å². The fourth-order valence-electron chi connectivity index (χ4n) is 6.23. The maximum Gasteiger partial charge on any atom is 0.264 e. The molecule has 2 aromatic heterocycles. The Morgan fingerprint density at radius 1 is 1.09 bits per heavy atom. The van der Waals surface area contributed by atoms with E-state index in [9.17, 15) is 10.1 Å². The molecule has 0 aliphatic carbocycles. The highest BCUT2D eigenvalue weighted by atomic mass is 16.5. The first-order valence-corrected chi connectivity index (χ1v) is 15.0. The molecular formula is C34H37N7O3. The van der Waals surface area contributed by atoms with Gasteiger partial charge in [0.1, 0.15) is 40.9 Å². The Bertz CT molecular complexity index is 1700. The lowest BCUT2D eigenvalue weighted by Crippen LogP contribution is -2.49. The molecule has 2 fully saturated rings. The average Bonchev–Trinajstić information content (AvgIpc) is 3.66. The van der Waals surface area contributed by atoms with Gasteiger partial charge in [-0.2, -0.15) is 5.26 Å². The van der Waals surface area contributed by atoms with Crippen LogP contribution in [0.25, 0.3) is 22.2 Å². The van der Waals surface area contributed by atoms with Crippen molar-refractivity contribution in [2.24, 2.45) is 0 Å². The normalized spacial score (nSPS) is 18.0. The molecule has 2 aliphatic heterocycles. The van der Waals surface area contributed by atoms with E-state index in [2.05, 4.69) is 25.5 Å². The lowest BCUT2D eigenvalue weighted by Gasteiger charge is -2.39. The van der Waals surface area contributed by atoms with Gasteiger partial charge in [-0.05, 0) is 62.6 Å². The number of benzene rings is 2. The SMILES string of the molecule is CC(C)(C=C(C#N)C(=O)N1CCC[C@H]1Cn1cc(-c2ccc(Oc3ccccc3)cc2)c2c(N)ncnc21)N1CCOCC1. The molecule has 10 nitrogen and oxygen atoms in total. The van der Waals surface area contributed by atoms with Gasteiger partial charge in [0.2, 0.25) is 0 Å². The number of likely N-dealkylation sites (tertiary alicyclic amines) is 1. The predicted octanol–water partition coefficient (Wildman–Crippen LogP) is 5.02. The Labute approximate surface area is 257 Å². The van der Waals surface area contributed by atoms with Crippen LogP contribution >= 0.6 is 0 Å². The van der Waals surface area contributed by atoms with E-state index in [1.165, 1.54) is 6.33 Å². The Morgan fingerprint density at radius 2 is 1.82 bits per heavy atom. The Kier molecular flexibility index (Phi) is 8.33. The smallest absolute Gasteiger partial charge is 0.264 e. The first kappa shape index (κ1) is 29.4. The summed E-state index contributed by atoms with van der Waals surface area (Å²) < 4.78 is 13.5. The van der Waals surface area contributed by atoms with Gasteiger partial charge in [0, 0.05) is 43.5 Å². The molecule has 0 saturated carbocycles. The lowest BCUT2D eigenvalue weighted by atomic mass is 9.97. The summed E-state index contributed by atoms with van der Waals surface area (Å²) >= 11 is 0. The van der Waals surface area contributed by atoms with Gasteiger partial charge < -0.3 is 24.7 Å². The minimum absolute atomic E-state index is 0.0907. The summed E-state index contributed by atoms with van der Waals surface area (Å²) in [6.07, 6.45) is 7.02. The van der Waals surface area contributed by atoms with Crippen molar-refractivity contribution in [3.05, 3.63) is 78.8 Å². The van der Waals surface area contributed by atoms with Gasteiger partial charge in [0.05, 0.1) is 24.6 Å². The minimum Gasteiger partial charge on any atom is -0.457 e. The maximum absolute atomic E-state index is 13.8. The first-order chi connectivity index (χ1) is 21.3. The molecule has 0 spiro atoms. The molecule has 1 amide bonds. The van der Waals surface area contributed by atoms with Crippen LogP contribution in [-0.2, 0) is 16.1 Å². The molecule has 4 aromatic rings. The number of morpholine rings is 1. The highest BCUT2D eigenvalue weighted by Crippen LogP contribution is 2.35. The van der Waals surface area contributed by atoms with Crippen LogP contribution < -0.4 is 10.5 Å². The summed E-state index contributed by atoms with van der Waals surface area (Å²) in [4.78, 5) is 26.7. The largest absolute Gasteiger partial charge is 0.457 e. The van der Waals surface area contributed by atoms with E-state index in [1.807, 2.05) is 85.6 Å². The van der Waals surface area contributed by atoms with E-state index >= 15 is 0 Å². The van der Waals surface area contributed by atoms with Crippen molar-refractivity contribution >= 4 is 22.8 Å². The summed E-state index contributed by atoms with van der Waals surface area (Å²) in [5.41, 5.74) is 8.70. The number of para-hydroxylation sites is 1. The van der Waals surface area contributed by atoms with Crippen LogP contribution in [-0.4, -0.2) is 74.7 Å². The molecule has 6 rings (SSSR count). The molecule has 0 radical (unpaired) electrons. The average molecular weight is 592 g/mol. The van der Waals surface area contributed by atoms with Gasteiger partial charge in [0.25, 0.3) is 5.91 Å². The number of nitriles is 1. The third-order valence-electron chi connectivity index (χ3n) is 8.55. The number of carbonyl (C=O) groups is 1. The standard InChI is InChI=1S/C34H37N7O3/c1-34(2,40-15-17-43-18-16-40)19-25(20-35)33(42)41-14-6-7-26(41)21-39-22-29(30-31(36)37-23-38-32(30)39)24-10-12-28(13-11-24)44-27-8-4-3-5-9-27/h3-5,8-13,19,22-23,26H,6-7,14-18,21H2,1-2H3,(H2,36,37,38)/t26-/m0/s1. The van der Waals surface area contributed by atoms with Crippen molar-refractivity contribution in [3.8, 4) is 28.7 Å². The number of fused-ring (bicyclic) bond motifs is 1. The van der Waals surface area contributed by atoms with E-state index in [1.54, 1.807) is 0 Å². The highest BCUT2D eigenvalue weighted by Gasteiger charge is 2.34. The Morgan fingerprint density at radius 3 is 2.55 bits per heavy atom. The molecule has 226 valence electrons. The Hall–Kier alpha value is -4.72. The molecule has 1 atom stereocenters. The minimum atomic E-state index is -0.443. The summed E-state index contributed by atoms with van der Waals surface area (Å²) in [6.45, 7) is 8.04. The van der Waals surface area contributed by atoms with Crippen LogP contribution in [0.2, 0.25) is 0 Å². The van der Waals surface area contributed by atoms with Crippen molar-refractivity contribution < 1.29 is 14.3 Å². The number of nitrogens with zero attached hydrogens (tertiary/aromatic N) is 6. The van der Waals surface area contributed by atoms with Crippen LogP contribution in [0.1, 0.15) is 26.7 Å². The zero-order chi connectivity index (χ0) is 30.7. The van der Waals surface area contributed by atoms with E-state index in [0.717, 1.165) is 53.9 Å². The second-order valence-corrected chi connectivity index (χ2v) is 11.8. The van der Waals surface area contributed by atoms with Gasteiger partial charge >= 0.3 is 0 Å². The fourth-order valence-corrected chi connectivity index (χ4v) is 6.23. The fraction of sp³-hybridized carbons (Fsp3) is 0.353. The second-order valence-electron chi connectivity index (χ2n) is 11.8. The summed E-state index contributed by atoms with van der Waals surface area (Å²) in [7, 11) is 0. The third kappa shape index (κ3) is 6.02. The molecule has 2 aliphatic rings. The zero-order valence-corrected chi connectivity index (χ0v) is 25.1. The number of ether oxygens (including phenoxy) is 2. The second kappa shape index (κ2) is 12.5. The molecular weight excluding hydrogens is 554 g/mol. The molecule has 2 aromatic carbocycles. The summed E-state index contributed by atoms with van der Waals surface area (Å²) in [5.74, 6) is 1.67. The van der Waals surface area contributed by atoms with Gasteiger partial charge in [-0.1, -0.05) is 30.3 Å². The number of nitrogen functional groups attached to an aromatic ring is 1. The number of aromatic nitrogens is 3. The van der Waals surface area contributed by atoms with Crippen LogP contribution in [0.3, 0.4) is 0 Å². The number of rotatable bonds is 8. The summed E-state index contributed by atoms with van der Waals surface area (Å²) in [5, 5.41) is 10.8. The van der Waals surface area contributed by atoms with E-state index in [0.29, 0.717) is 37.8 Å². The van der Waals surface area contributed by atoms with Gasteiger partial charge in [0.15, 0.2) is 0 Å². The van der Waals surface area contributed by atoms with Crippen LogP contribution in [0.15, 0.2) is 78.8 Å². The van der Waals surface area contributed by atoms with Crippen molar-refractivity contribution in [1.29, 1.82) is 5.26 Å². The van der Waals surface area contributed by atoms with Gasteiger partial charge in [-0.15, -0.1) is 0 Å². The number of carbonyl (C=O) groups excluding carboxylic acids is 1. The number of anilines is 1. The van der Waals surface area contributed by atoms with Gasteiger partial charge in [-0.3, -0.25) is 9.69 Å². The number of nitrogens with two attached hydrogens (primary N) is 1. The van der Waals surface area contributed by atoms with Crippen molar-refractivity contribution in [1.82, 2.24) is 24.3 Å². The molecule has 44 heavy (non-hydrogen) atoms. The topological polar surface area (TPSA) is 123 Å². The number of hydrogen-bond acceptors (Lipinski definition) is 8. The van der Waals surface area contributed by atoms with Crippen molar-refractivity contribution in [3.63, 3.8) is 0 Å². The monoisotopic (exact) mass is 591 g/mol.